The largest absolute Gasteiger partial charge is 0.352 e. The van der Waals surface area contributed by atoms with Crippen LogP contribution >= 0.6 is 11.3 Å². The molecule has 142 valence electrons. The van der Waals surface area contributed by atoms with Crippen LogP contribution < -0.4 is 5.69 Å². The minimum Gasteiger partial charge on any atom is -0.338 e. The van der Waals surface area contributed by atoms with E-state index in [-0.39, 0.29) is 24.2 Å². The molecule has 27 heavy (non-hydrogen) atoms. The molecule has 1 fully saturated rings. The monoisotopic (exact) mass is 385 g/mol. The summed E-state index contributed by atoms with van der Waals surface area (Å²) >= 11 is 1.72. The van der Waals surface area contributed by atoms with E-state index in [9.17, 15) is 9.59 Å². The average molecular weight is 385 g/mol. The van der Waals surface area contributed by atoms with Gasteiger partial charge in [0.25, 0.3) is 0 Å². The summed E-state index contributed by atoms with van der Waals surface area (Å²) in [6.45, 7) is 2.85. The zero-order valence-corrected chi connectivity index (χ0v) is 16.3. The van der Waals surface area contributed by atoms with Crippen molar-refractivity contribution in [2.75, 3.05) is 6.54 Å². The molecule has 0 N–H and O–H groups in total. The first-order valence-electron chi connectivity index (χ1n) is 9.81. The predicted octanol–water partition coefficient (Wildman–Crippen LogP) is 2.39. The Labute approximate surface area is 160 Å². The Morgan fingerprint density at radius 2 is 2.11 bits per heavy atom. The second-order valence-corrected chi connectivity index (χ2v) is 8.79. The van der Waals surface area contributed by atoms with Gasteiger partial charge in [-0.1, -0.05) is 0 Å². The summed E-state index contributed by atoms with van der Waals surface area (Å²) in [5.74, 6) is -0.0238. The van der Waals surface area contributed by atoms with Crippen LogP contribution in [0.25, 0.3) is 15.9 Å². The lowest BCUT2D eigenvalue weighted by atomic mass is 9.97. The fourth-order valence-electron chi connectivity index (χ4n) is 4.47. The SMILES string of the molecule is C[C@H]1CCCCN1C(=O)Cn1nc2c3c4c(sc3ncn2c1=O)CCCC4. The average Bonchev–Trinajstić information content (AvgIpc) is 3.20. The van der Waals surface area contributed by atoms with Gasteiger partial charge in [-0.15, -0.1) is 16.4 Å². The summed E-state index contributed by atoms with van der Waals surface area (Å²) in [5, 5.41) is 5.57. The van der Waals surface area contributed by atoms with Crippen LogP contribution in [0.2, 0.25) is 0 Å². The van der Waals surface area contributed by atoms with Crippen LogP contribution in [0.3, 0.4) is 0 Å². The number of carbonyl (C=O) groups excluding carboxylic acids is 1. The predicted molar refractivity (Wildman–Crippen MR) is 104 cm³/mol. The molecule has 3 aromatic heterocycles. The summed E-state index contributed by atoms with van der Waals surface area (Å²) in [6.07, 6.45) is 9.24. The second kappa shape index (κ2) is 6.44. The Kier molecular flexibility index (Phi) is 4.03. The number of hydrogen-bond donors (Lipinski definition) is 0. The number of aromatic nitrogens is 4. The van der Waals surface area contributed by atoms with E-state index < -0.39 is 0 Å². The summed E-state index contributed by atoms with van der Waals surface area (Å²) in [5.41, 5.74) is 1.66. The Balaban J connectivity index is 1.56. The van der Waals surface area contributed by atoms with E-state index in [0.717, 1.165) is 55.3 Å². The molecular formula is C19H23N5O2S. The fourth-order valence-corrected chi connectivity index (χ4v) is 5.69. The van der Waals surface area contributed by atoms with Crippen LogP contribution in [0, 0.1) is 0 Å². The Hall–Kier alpha value is -2.22. The van der Waals surface area contributed by atoms with Crippen molar-refractivity contribution in [2.24, 2.45) is 0 Å². The molecule has 1 atom stereocenters. The smallest absolute Gasteiger partial charge is 0.338 e. The highest BCUT2D eigenvalue weighted by atomic mass is 32.1. The Bertz CT molecular complexity index is 1100. The highest BCUT2D eigenvalue weighted by Gasteiger charge is 2.26. The lowest BCUT2D eigenvalue weighted by molar-refractivity contribution is -0.135. The first kappa shape index (κ1) is 16.9. The molecule has 0 bridgehead atoms. The van der Waals surface area contributed by atoms with Gasteiger partial charge in [-0.25, -0.2) is 18.9 Å². The van der Waals surface area contributed by atoms with Gasteiger partial charge in [0.05, 0.1) is 5.39 Å². The number of piperidine rings is 1. The van der Waals surface area contributed by atoms with Crippen molar-refractivity contribution in [2.45, 2.75) is 64.5 Å². The van der Waals surface area contributed by atoms with Gasteiger partial charge in [0, 0.05) is 17.5 Å². The third-order valence-electron chi connectivity index (χ3n) is 5.95. The van der Waals surface area contributed by atoms with E-state index in [0.29, 0.717) is 5.65 Å². The molecule has 1 amide bonds. The van der Waals surface area contributed by atoms with E-state index in [1.807, 2.05) is 4.90 Å². The Morgan fingerprint density at radius 3 is 2.96 bits per heavy atom. The van der Waals surface area contributed by atoms with Crippen LogP contribution in [0.1, 0.15) is 49.5 Å². The number of hydrogen-bond acceptors (Lipinski definition) is 5. The van der Waals surface area contributed by atoms with E-state index in [2.05, 4.69) is 17.0 Å². The number of aryl methyl sites for hydroxylation is 2. The molecule has 3 aromatic rings. The molecule has 5 rings (SSSR count). The van der Waals surface area contributed by atoms with Gasteiger partial charge < -0.3 is 4.90 Å². The van der Waals surface area contributed by atoms with Gasteiger partial charge in [-0.3, -0.25) is 4.79 Å². The standard InChI is InChI=1S/C19H23N5O2S/c1-12-6-4-5-9-22(12)15(25)10-24-19(26)23-11-20-18-16(17(23)21-24)13-7-2-3-8-14(13)27-18/h11-12H,2-10H2,1H3/t12-/m0/s1. The molecule has 1 aliphatic carbocycles. The number of thiophene rings is 1. The van der Waals surface area contributed by atoms with E-state index >= 15 is 0 Å². The van der Waals surface area contributed by atoms with Gasteiger partial charge in [-0.05, 0) is 57.4 Å². The maximum Gasteiger partial charge on any atom is 0.352 e. The molecule has 0 spiro atoms. The Morgan fingerprint density at radius 1 is 1.26 bits per heavy atom. The highest BCUT2D eigenvalue weighted by molar-refractivity contribution is 7.19. The number of nitrogens with zero attached hydrogens (tertiary/aromatic N) is 5. The topological polar surface area (TPSA) is 72.5 Å². The van der Waals surface area contributed by atoms with Gasteiger partial charge in [0.1, 0.15) is 17.7 Å². The van der Waals surface area contributed by atoms with Crippen LogP contribution in [-0.2, 0) is 24.2 Å². The molecule has 0 unspecified atom stereocenters. The second-order valence-electron chi connectivity index (χ2n) is 7.70. The van der Waals surface area contributed by atoms with Crippen molar-refractivity contribution in [3.05, 3.63) is 27.3 Å². The molecule has 4 heterocycles. The van der Waals surface area contributed by atoms with Crippen molar-refractivity contribution in [1.29, 1.82) is 0 Å². The van der Waals surface area contributed by atoms with Crippen molar-refractivity contribution in [3.8, 4) is 0 Å². The van der Waals surface area contributed by atoms with Crippen molar-refractivity contribution >= 4 is 33.1 Å². The highest BCUT2D eigenvalue weighted by Crippen LogP contribution is 2.36. The number of rotatable bonds is 2. The first-order valence-corrected chi connectivity index (χ1v) is 10.6. The molecule has 0 radical (unpaired) electrons. The summed E-state index contributed by atoms with van der Waals surface area (Å²) in [7, 11) is 0. The van der Waals surface area contributed by atoms with Crippen LogP contribution in [0.15, 0.2) is 11.1 Å². The molecule has 2 aliphatic rings. The van der Waals surface area contributed by atoms with E-state index in [4.69, 9.17) is 0 Å². The van der Waals surface area contributed by atoms with Crippen LogP contribution in [0.4, 0.5) is 0 Å². The quantitative estimate of drug-likeness (QED) is 0.679. The van der Waals surface area contributed by atoms with E-state index in [1.165, 1.54) is 25.9 Å². The third kappa shape index (κ3) is 2.69. The fraction of sp³-hybridized carbons (Fsp3) is 0.579. The lowest BCUT2D eigenvalue weighted by Gasteiger charge is -2.33. The molecule has 0 aromatic carbocycles. The molecule has 8 heteroatoms. The number of likely N-dealkylation sites (tertiary alicyclic amines) is 1. The normalized spacial score (nSPS) is 20.3. The number of carbonyl (C=O) groups is 1. The number of fused-ring (bicyclic) bond motifs is 5. The summed E-state index contributed by atoms with van der Waals surface area (Å²) < 4.78 is 2.81. The van der Waals surface area contributed by atoms with Crippen molar-refractivity contribution in [3.63, 3.8) is 0 Å². The van der Waals surface area contributed by atoms with Crippen molar-refractivity contribution < 1.29 is 4.79 Å². The molecule has 0 saturated carbocycles. The molecular weight excluding hydrogens is 362 g/mol. The molecule has 1 saturated heterocycles. The minimum atomic E-state index is -0.284. The lowest BCUT2D eigenvalue weighted by Crippen LogP contribution is -2.44. The third-order valence-corrected chi connectivity index (χ3v) is 7.15. The molecule has 1 aliphatic heterocycles. The number of amides is 1. The van der Waals surface area contributed by atoms with Gasteiger partial charge >= 0.3 is 5.69 Å². The zero-order chi connectivity index (χ0) is 18.5. The zero-order valence-electron chi connectivity index (χ0n) is 15.5. The van der Waals surface area contributed by atoms with Gasteiger partial charge in [0.15, 0.2) is 5.65 Å². The molecule has 7 nitrogen and oxygen atoms in total. The summed E-state index contributed by atoms with van der Waals surface area (Å²) in [4.78, 5) is 34.3. The first-order chi connectivity index (χ1) is 13.1. The van der Waals surface area contributed by atoms with Crippen LogP contribution in [-0.4, -0.2) is 42.6 Å². The van der Waals surface area contributed by atoms with Gasteiger partial charge in [-0.2, -0.15) is 0 Å². The van der Waals surface area contributed by atoms with Crippen LogP contribution in [0.5, 0.6) is 0 Å². The summed E-state index contributed by atoms with van der Waals surface area (Å²) in [6, 6.07) is 0.233. The van der Waals surface area contributed by atoms with Gasteiger partial charge in [0.2, 0.25) is 5.91 Å². The van der Waals surface area contributed by atoms with E-state index in [1.54, 1.807) is 17.7 Å². The van der Waals surface area contributed by atoms with Crippen molar-refractivity contribution in [1.82, 2.24) is 24.1 Å². The maximum absolute atomic E-state index is 12.8. The maximum atomic E-state index is 12.8. The minimum absolute atomic E-state index is 0.00132.